The van der Waals surface area contributed by atoms with Gasteiger partial charge in [-0.1, -0.05) is 35.3 Å². The van der Waals surface area contributed by atoms with E-state index < -0.39 is 5.97 Å². The van der Waals surface area contributed by atoms with Gasteiger partial charge in [0, 0.05) is 32.0 Å². The van der Waals surface area contributed by atoms with Gasteiger partial charge in [-0.25, -0.2) is 0 Å². The fourth-order valence-electron chi connectivity index (χ4n) is 4.56. The summed E-state index contributed by atoms with van der Waals surface area (Å²) in [5, 5.41) is 10.3. The Morgan fingerprint density at radius 1 is 1.00 bits per heavy atom. The molecule has 0 radical (unpaired) electrons. The molecule has 0 atom stereocenters. The van der Waals surface area contributed by atoms with E-state index in [1.165, 1.54) is 4.90 Å². The number of benzene rings is 2. The average molecular weight is 535 g/mol. The van der Waals surface area contributed by atoms with Gasteiger partial charge in [0.15, 0.2) is 11.5 Å². The highest BCUT2D eigenvalue weighted by Crippen LogP contribution is 2.36. The molecule has 8 nitrogen and oxygen atoms in total. The van der Waals surface area contributed by atoms with Crippen LogP contribution >= 0.6 is 23.2 Å². The Hall–Kier alpha value is -2.81. The Morgan fingerprint density at radius 2 is 1.64 bits per heavy atom. The minimum absolute atomic E-state index is 0.123. The summed E-state index contributed by atoms with van der Waals surface area (Å²) in [4.78, 5) is 38.4. The van der Waals surface area contributed by atoms with Gasteiger partial charge in [-0.2, -0.15) is 0 Å². The van der Waals surface area contributed by atoms with Crippen LogP contribution in [0.5, 0.6) is 11.5 Å². The Labute approximate surface area is 219 Å². The predicted octanol–water partition coefficient (Wildman–Crippen LogP) is 4.40. The maximum absolute atomic E-state index is 11.8. The molecule has 0 bridgehead atoms. The van der Waals surface area contributed by atoms with Gasteiger partial charge < -0.3 is 14.6 Å². The molecule has 1 aliphatic heterocycles. The van der Waals surface area contributed by atoms with Crippen molar-refractivity contribution in [3.8, 4) is 11.5 Å². The van der Waals surface area contributed by atoms with Crippen molar-refractivity contribution < 1.29 is 29.0 Å². The molecule has 2 amide bonds. The molecule has 1 heterocycles. The number of nitrogens with zero attached hydrogens (tertiary/aromatic N) is 2. The number of imide groups is 1. The lowest BCUT2D eigenvalue weighted by atomic mass is 9.79. The molecule has 4 rings (SSSR count). The lowest BCUT2D eigenvalue weighted by Gasteiger charge is -2.41. The van der Waals surface area contributed by atoms with Crippen molar-refractivity contribution in [1.29, 1.82) is 0 Å². The quantitative estimate of drug-likeness (QED) is 0.427. The molecular formula is C26H28Cl2N2O6. The smallest absolute Gasteiger partial charge is 0.306 e. The maximum atomic E-state index is 11.8. The van der Waals surface area contributed by atoms with Crippen LogP contribution in [-0.4, -0.2) is 59.0 Å². The third-order valence-corrected chi connectivity index (χ3v) is 7.43. The van der Waals surface area contributed by atoms with Gasteiger partial charge in [0.05, 0.1) is 29.6 Å². The van der Waals surface area contributed by atoms with Gasteiger partial charge in [0.25, 0.3) is 0 Å². The SMILES string of the molecule is COc1cc(CN(Cc2ccc(Cl)c(Cl)c2)[C@H]2C[C@@H](C(=O)O)C2)ccc1OCCN1C(=O)CCC1=O. The number of rotatable bonds is 11. The van der Waals surface area contributed by atoms with Crippen molar-refractivity contribution in [3.63, 3.8) is 0 Å². The first kappa shape index (κ1) is 26.3. The van der Waals surface area contributed by atoms with Crippen LogP contribution in [0.1, 0.15) is 36.8 Å². The molecule has 1 aliphatic carbocycles. The third kappa shape index (κ3) is 6.11. The lowest BCUT2D eigenvalue weighted by molar-refractivity contribution is -0.147. The number of likely N-dealkylation sites (tertiary alicyclic amines) is 1. The van der Waals surface area contributed by atoms with E-state index in [9.17, 15) is 19.5 Å². The summed E-state index contributed by atoms with van der Waals surface area (Å²) in [5.74, 6) is -0.375. The van der Waals surface area contributed by atoms with Crippen LogP contribution in [0.4, 0.5) is 0 Å². The van der Waals surface area contributed by atoms with Crippen LogP contribution in [-0.2, 0) is 27.5 Å². The number of ether oxygens (including phenoxy) is 2. The topological polar surface area (TPSA) is 96.4 Å². The number of methoxy groups -OCH3 is 1. The number of carbonyl (C=O) groups is 3. The van der Waals surface area contributed by atoms with Crippen LogP contribution in [0.3, 0.4) is 0 Å². The first-order valence-electron chi connectivity index (χ1n) is 11.8. The standard InChI is InChI=1S/C26H28Cl2N2O6/c1-35-23-11-17(3-5-22(23)36-9-8-30-24(31)6-7-25(30)32)15-29(19-12-18(13-19)26(33)34)14-16-2-4-20(27)21(28)10-16/h2-5,10-11,18-19H,6-9,12-15H2,1H3,(H,33,34)/t18-,19+. The fraction of sp³-hybridized carbons (Fsp3) is 0.423. The van der Waals surface area contributed by atoms with Gasteiger partial charge >= 0.3 is 5.97 Å². The maximum Gasteiger partial charge on any atom is 0.306 e. The molecule has 10 heteroatoms. The first-order chi connectivity index (χ1) is 17.2. The zero-order valence-corrected chi connectivity index (χ0v) is 21.4. The number of carboxylic acids is 1. The van der Waals surface area contributed by atoms with Crippen molar-refractivity contribution >= 4 is 41.0 Å². The number of carbonyl (C=O) groups excluding carboxylic acids is 2. The molecule has 0 spiro atoms. The van der Waals surface area contributed by atoms with E-state index >= 15 is 0 Å². The van der Waals surface area contributed by atoms with Crippen molar-refractivity contribution in [1.82, 2.24) is 9.80 Å². The molecule has 0 aromatic heterocycles. The highest BCUT2D eigenvalue weighted by Gasteiger charge is 2.38. The molecule has 2 aromatic rings. The Morgan fingerprint density at radius 3 is 2.25 bits per heavy atom. The van der Waals surface area contributed by atoms with Gasteiger partial charge in [-0.05, 0) is 48.2 Å². The molecule has 1 saturated heterocycles. The van der Waals surface area contributed by atoms with Crippen molar-refractivity contribution in [2.45, 2.75) is 44.8 Å². The minimum atomic E-state index is -0.763. The molecule has 1 N–H and O–H groups in total. The van der Waals surface area contributed by atoms with Gasteiger partial charge in [0.1, 0.15) is 6.61 Å². The van der Waals surface area contributed by atoms with Crippen LogP contribution < -0.4 is 9.47 Å². The molecule has 36 heavy (non-hydrogen) atoms. The first-order valence-corrected chi connectivity index (χ1v) is 12.5. The van der Waals surface area contributed by atoms with Crippen molar-refractivity contribution in [3.05, 3.63) is 57.6 Å². The van der Waals surface area contributed by atoms with E-state index in [4.69, 9.17) is 32.7 Å². The van der Waals surface area contributed by atoms with E-state index in [1.54, 1.807) is 19.2 Å². The normalized spacial score (nSPS) is 19.5. The van der Waals surface area contributed by atoms with Crippen LogP contribution in [0.25, 0.3) is 0 Å². The summed E-state index contributed by atoms with van der Waals surface area (Å²) in [7, 11) is 1.55. The van der Waals surface area contributed by atoms with Crippen LogP contribution in [0.15, 0.2) is 36.4 Å². The molecule has 0 unspecified atom stereocenters. The predicted molar refractivity (Wildman–Crippen MR) is 134 cm³/mol. The second-order valence-electron chi connectivity index (χ2n) is 9.09. The lowest BCUT2D eigenvalue weighted by Crippen LogP contribution is -2.46. The molecule has 2 aliphatic rings. The zero-order chi connectivity index (χ0) is 25.8. The van der Waals surface area contributed by atoms with Crippen LogP contribution in [0.2, 0.25) is 10.0 Å². The highest BCUT2D eigenvalue weighted by atomic mass is 35.5. The molecule has 2 fully saturated rings. The summed E-state index contributed by atoms with van der Waals surface area (Å²) in [5.41, 5.74) is 1.96. The highest BCUT2D eigenvalue weighted by molar-refractivity contribution is 6.42. The van der Waals surface area contributed by atoms with Crippen molar-refractivity contribution in [2.75, 3.05) is 20.3 Å². The molecular weight excluding hydrogens is 507 g/mol. The summed E-state index contributed by atoms with van der Waals surface area (Å²) < 4.78 is 11.3. The van der Waals surface area contributed by atoms with Gasteiger partial charge in [0.2, 0.25) is 11.8 Å². The van der Waals surface area contributed by atoms with E-state index in [0.717, 1.165) is 11.1 Å². The van der Waals surface area contributed by atoms with Gasteiger partial charge in [-0.3, -0.25) is 24.2 Å². The Kier molecular flexibility index (Phi) is 8.39. The Balaban J connectivity index is 1.44. The van der Waals surface area contributed by atoms with E-state index in [-0.39, 0.29) is 49.8 Å². The number of aliphatic carboxylic acids is 1. The summed E-state index contributed by atoms with van der Waals surface area (Å²) in [6.45, 7) is 1.54. The number of carboxylic acid groups (broad SMARTS) is 1. The number of halogens is 2. The van der Waals surface area contributed by atoms with E-state index in [0.29, 0.717) is 47.5 Å². The summed E-state index contributed by atoms with van der Waals surface area (Å²) in [6.07, 6.45) is 1.68. The fourth-order valence-corrected chi connectivity index (χ4v) is 4.88. The third-order valence-electron chi connectivity index (χ3n) is 6.69. The van der Waals surface area contributed by atoms with Crippen LogP contribution in [0, 0.1) is 5.92 Å². The van der Waals surface area contributed by atoms with Crippen molar-refractivity contribution in [2.24, 2.45) is 5.92 Å². The second kappa shape index (κ2) is 11.5. The number of hydrogen-bond donors (Lipinski definition) is 1. The average Bonchev–Trinajstić information content (AvgIpc) is 3.13. The Bertz CT molecular complexity index is 1140. The zero-order valence-electron chi connectivity index (χ0n) is 19.9. The summed E-state index contributed by atoms with van der Waals surface area (Å²) in [6, 6.07) is 11.3. The molecule has 192 valence electrons. The minimum Gasteiger partial charge on any atom is -0.493 e. The largest absolute Gasteiger partial charge is 0.493 e. The number of amides is 2. The second-order valence-corrected chi connectivity index (χ2v) is 9.90. The number of hydrogen-bond acceptors (Lipinski definition) is 6. The van der Waals surface area contributed by atoms with Gasteiger partial charge in [-0.15, -0.1) is 0 Å². The monoisotopic (exact) mass is 534 g/mol. The molecule has 2 aromatic carbocycles. The molecule has 1 saturated carbocycles. The summed E-state index contributed by atoms with van der Waals surface area (Å²) >= 11 is 12.3. The van der Waals surface area contributed by atoms with E-state index in [2.05, 4.69) is 4.90 Å². The van der Waals surface area contributed by atoms with E-state index in [1.807, 2.05) is 24.3 Å².